The average molecular weight is 255 g/mol. The number of aryl methyl sites for hydroxylation is 1. The van der Waals surface area contributed by atoms with Crippen LogP contribution in [0.4, 0.5) is 0 Å². The molecule has 2 rings (SSSR count). The van der Waals surface area contributed by atoms with Gasteiger partial charge in [-0.2, -0.15) is 0 Å². The van der Waals surface area contributed by atoms with Crippen LogP contribution in [0.25, 0.3) is 0 Å². The van der Waals surface area contributed by atoms with Gasteiger partial charge in [-0.05, 0) is 37.0 Å². The minimum Gasteiger partial charge on any atom is -0.496 e. The van der Waals surface area contributed by atoms with Crippen LogP contribution in [-0.2, 0) is 12.8 Å². The van der Waals surface area contributed by atoms with Crippen LogP contribution in [0.15, 0.2) is 42.5 Å². The second-order valence-electron chi connectivity index (χ2n) is 4.40. The fraction of sp³-hybridized carbons (Fsp3) is 0.294. The summed E-state index contributed by atoms with van der Waals surface area (Å²) >= 11 is 0. The van der Waals surface area contributed by atoms with Crippen molar-refractivity contribution in [3.05, 3.63) is 59.7 Å². The molecule has 0 amide bonds. The molecule has 0 saturated carbocycles. The molecule has 0 bridgehead atoms. The van der Waals surface area contributed by atoms with Gasteiger partial charge in [-0.3, -0.25) is 0 Å². The van der Waals surface area contributed by atoms with E-state index in [1.54, 1.807) is 14.2 Å². The van der Waals surface area contributed by atoms with Gasteiger partial charge in [0, 0.05) is 11.6 Å². The highest BCUT2D eigenvalue weighted by molar-refractivity contribution is 5.44. The fourth-order valence-electron chi connectivity index (χ4n) is 2.22. The van der Waals surface area contributed by atoms with Crippen molar-refractivity contribution in [3.8, 4) is 11.5 Å². The van der Waals surface area contributed by atoms with Gasteiger partial charge >= 0.3 is 0 Å². The van der Waals surface area contributed by atoms with Gasteiger partial charge in [0.1, 0.15) is 11.5 Å². The van der Waals surface area contributed by atoms with Crippen LogP contribution in [0.5, 0.6) is 11.5 Å². The topological polar surface area (TPSA) is 18.5 Å². The van der Waals surface area contributed by atoms with E-state index in [-0.39, 0.29) is 0 Å². The molecule has 0 heterocycles. The van der Waals surface area contributed by atoms with Crippen molar-refractivity contribution in [2.45, 2.75) is 19.3 Å². The van der Waals surface area contributed by atoms with Crippen LogP contribution in [0.3, 0.4) is 0 Å². The van der Waals surface area contributed by atoms with E-state index in [4.69, 9.17) is 9.47 Å². The second-order valence-corrected chi connectivity index (χ2v) is 4.40. The molecule has 1 radical (unpaired) electrons. The highest BCUT2D eigenvalue weighted by atomic mass is 16.5. The van der Waals surface area contributed by atoms with E-state index in [0.29, 0.717) is 0 Å². The fourth-order valence-corrected chi connectivity index (χ4v) is 2.22. The lowest BCUT2D eigenvalue weighted by molar-refractivity contribution is 0.384. The number of benzene rings is 2. The summed E-state index contributed by atoms with van der Waals surface area (Å²) in [5.74, 6) is 1.66. The molecule has 0 unspecified atom stereocenters. The highest BCUT2D eigenvalue weighted by Gasteiger charge is 2.09. The lowest BCUT2D eigenvalue weighted by Crippen LogP contribution is -1.98. The summed E-state index contributed by atoms with van der Waals surface area (Å²) in [6.07, 6.45) is 3.05. The maximum absolute atomic E-state index is 5.39. The molecule has 0 fully saturated rings. The Morgan fingerprint density at radius 2 is 1.74 bits per heavy atom. The summed E-state index contributed by atoms with van der Waals surface area (Å²) in [6, 6.07) is 17.4. The highest BCUT2D eigenvalue weighted by Crippen LogP contribution is 2.29. The third-order valence-corrected chi connectivity index (χ3v) is 3.18. The van der Waals surface area contributed by atoms with Gasteiger partial charge in [0.2, 0.25) is 0 Å². The Morgan fingerprint density at radius 1 is 0.947 bits per heavy atom. The van der Waals surface area contributed by atoms with Gasteiger partial charge in [-0.15, -0.1) is 0 Å². The molecule has 2 aromatic carbocycles. The maximum atomic E-state index is 5.39. The molecule has 0 atom stereocenters. The SMILES string of the molecule is COc1[c]ccc(OC)c1CCCc1ccccc1. The summed E-state index contributed by atoms with van der Waals surface area (Å²) in [5, 5.41) is 0. The van der Waals surface area contributed by atoms with Crippen LogP contribution >= 0.6 is 0 Å². The van der Waals surface area contributed by atoms with Gasteiger partial charge in [0.15, 0.2) is 0 Å². The van der Waals surface area contributed by atoms with Gasteiger partial charge in [-0.1, -0.05) is 30.3 Å². The van der Waals surface area contributed by atoms with Crippen LogP contribution in [0, 0.1) is 6.07 Å². The zero-order valence-electron chi connectivity index (χ0n) is 11.5. The standard InChI is InChI=1S/C17H19O2/c1-18-16-12-7-13-17(19-2)15(16)11-6-10-14-8-4-3-5-9-14/h3-5,7-9,12H,6,10-11H2,1-2H3. The zero-order valence-corrected chi connectivity index (χ0v) is 11.5. The summed E-state index contributed by atoms with van der Waals surface area (Å²) in [6.45, 7) is 0. The molecule has 0 aromatic heterocycles. The van der Waals surface area contributed by atoms with Crippen LogP contribution in [-0.4, -0.2) is 14.2 Å². The van der Waals surface area contributed by atoms with Gasteiger partial charge in [-0.25, -0.2) is 0 Å². The second kappa shape index (κ2) is 6.83. The Kier molecular flexibility index (Phi) is 4.85. The lowest BCUT2D eigenvalue weighted by Gasteiger charge is -2.12. The van der Waals surface area contributed by atoms with Crippen LogP contribution in [0.2, 0.25) is 0 Å². The minimum atomic E-state index is 0.785. The molecule has 0 N–H and O–H groups in total. The van der Waals surface area contributed by atoms with Gasteiger partial charge < -0.3 is 9.47 Å². The molecule has 2 nitrogen and oxygen atoms in total. The van der Waals surface area contributed by atoms with E-state index in [9.17, 15) is 0 Å². The molecule has 0 spiro atoms. The Hall–Kier alpha value is -1.96. The maximum Gasteiger partial charge on any atom is 0.133 e. The van der Waals surface area contributed by atoms with E-state index in [0.717, 1.165) is 36.3 Å². The molecule has 99 valence electrons. The van der Waals surface area contributed by atoms with Gasteiger partial charge in [0.25, 0.3) is 0 Å². The van der Waals surface area contributed by atoms with E-state index in [2.05, 4.69) is 30.3 Å². The van der Waals surface area contributed by atoms with Crippen molar-refractivity contribution >= 4 is 0 Å². The van der Waals surface area contributed by atoms with E-state index in [1.807, 2.05) is 18.2 Å². The monoisotopic (exact) mass is 255 g/mol. The summed E-state index contributed by atoms with van der Waals surface area (Å²) in [4.78, 5) is 0. The largest absolute Gasteiger partial charge is 0.496 e. The molecule has 0 aliphatic rings. The summed E-state index contributed by atoms with van der Waals surface area (Å²) in [5.41, 5.74) is 2.46. The predicted octanol–water partition coefficient (Wildman–Crippen LogP) is 3.68. The molecule has 0 saturated heterocycles. The lowest BCUT2D eigenvalue weighted by atomic mass is 10.0. The third kappa shape index (κ3) is 3.50. The first kappa shape index (κ1) is 13.5. The van der Waals surface area contributed by atoms with Crippen molar-refractivity contribution in [2.24, 2.45) is 0 Å². The molecular weight excluding hydrogens is 236 g/mol. The molecule has 0 aliphatic heterocycles. The third-order valence-electron chi connectivity index (χ3n) is 3.18. The molecule has 2 aromatic rings. The van der Waals surface area contributed by atoms with E-state index in [1.165, 1.54) is 5.56 Å². The van der Waals surface area contributed by atoms with Gasteiger partial charge in [0.05, 0.1) is 14.2 Å². The number of rotatable bonds is 6. The first-order chi connectivity index (χ1) is 9.35. The smallest absolute Gasteiger partial charge is 0.133 e. The van der Waals surface area contributed by atoms with Crippen molar-refractivity contribution in [1.29, 1.82) is 0 Å². The summed E-state index contributed by atoms with van der Waals surface area (Å²) in [7, 11) is 3.36. The number of ether oxygens (including phenoxy) is 2. The Bertz CT molecular complexity index is 484. The van der Waals surface area contributed by atoms with Crippen molar-refractivity contribution in [2.75, 3.05) is 14.2 Å². The molecule has 19 heavy (non-hydrogen) atoms. The Morgan fingerprint density at radius 3 is 2.42 bits per heavy atom. The Labute approximate surface area is 115 Å². The van der Waals surface area contributed by atoms with Crippen molar-refractivity contribution < 1.29 is 9.47 Å². The molecular formula is C17H19O2. The van der Waals surface area contributed by atoms with Crippen LogP contribution in [0.1, 0.15) is 17.5 Å². The number of hydrogen-bond acceptors (Lipinski definition) is 2. The first-order valence-electron chi connectivity index (χ1n) is 6.50. The minimum absolute atomic E-state index is 0.785. The summed E-state index contributed by atoms with van der Waals surface area (Å²) < 4.78 is 10.7. The van der Waals surface area contributed by atoms with Crippen molar-refractivity contribution in [3.63, 3.8) is 0 Å². The molecule has 0 aliphatic carbocycles. The average Bonchev–Trinajstić information content (AvgIpc) is 2.48. The number of hydrogen-bond donors (Lipinski definition) is 0. The first-order valence-corrected chi connectivity index (χ1v) is 6.50. The quantitative estimate of drug-likeness (QED) is 0.784. The van der Waals surface area contributed by atoms with Crippen molar-refractivity contribution in [1.82, 2.24) is 0 Å². The zero-order chi connectivity index (χ0) is 13.5. The number of methoxy groups -OCH3 is 2. The van der Waals surface area contributed by atoms with E-state index < -0.39 is 0 Å². The van der Waals surface area contributed by atoms with Crippen LogP contribution < -0.4 is 9.47 Å². The normalized spacial score (nSPS) is 10.2. The Balaban J connectivity index is 2.02. The predicted molar refractivity (Wildman–Crippen MR) is 76.8 cm³/mol. The van der Waals surface area contributed by atoms with E-state index >= 15 is 0 Å². The molecule has 2 heteroatoms.